The molecule has 0 spiro atoms. The summed E-state index contributed by atoms with van der Waals surface area (Å²) in [7, 11) is -6.13. The second-order valence-electron chi connectivity index (χ2n) is 6.05. The molecule has 1 saturated heterocycles. The quantitative estimate of drug-likeness (QED) is 0.808. The average molecular weight is 297 g/mol. The zero-order valence-corrected chi connectivity index (χ0v) is 12.9. The fourth-order valence-electron chi connectivity index (χ4n) is 1.99. The van der Waals surface area contributed by atoms with Crippen molar-refractivity contribution in [3.8, 4) is 0 Å². The first-order valence-electron chi connectivity index (χ1n) is 6.13. The highest BCUT2D eigenvalue weighted by Gasteiger charge is 2.34. The Morgan fingerprint density at radius 3 is 2.28 bits per heavy atom. The lowest BCUT2D eigenvalue weighted by molar-refractivity contribution is 0.449. The predicted molar refractivity (Wildman–Crippen MR) is 72.9 cm³/mol. The van der Waals surface area contributed by atoms with Gasteiger partial charge in [0.15, 0.2) is 19.7 Å². The monoisotopic (exact) mass is 297 g/mol. The van der Waals surface area contributed by atoms with Crippen molar-refractivity contribution in [2.24, 2.45) is 11.7 Å². The van der Waals surface area contributed by atoms with Gasteiger partial charge in [0, 0.05) is 6.04 Å². The van der Waals surface area contributed by atoms with Crippen LogP contribution in [0.3, 0.4) is 0 Å². The minimum absolute atomic E-state index is 0.0220. The SMILES string of the molecule is CC(C)(C)S(=O)(=O)CCC(N)C1CCS(=O)(=O)C1. The van der Waals surface area contributed by atoms with Crippen molar-refractivity contribution in [2.75, 3.05) is 17.3 Å². The van der Waals surface area contributed by atoms with Crippen LogP contribution in [-0.4, -0.2) is 44.9 Å². The molecule has 5 nitrogen and oxygen atoms in total. The van der Waals surface area contributed by atoms with Gasteiger partial charge in [0.1, 0.15) is 0 Å². The third-order valence-corrected chi connectivity index (χ3v) is 7.96. The molecule has 2 atom stereocenters. The molecule has 7 heteroatoms. The summed E-state index contributed by atoms with van der Waals surface area (Å²) in [6.07, 6.45) is 0.888. The fraction of sp³-hybridized carbons (Fsp3) is 1.00. The van der Waals surface area contributed by atoms with Crippen LogP contribution >= 0.6 is 0 Å². The van der Waals surface area contributed by atoms with E-state index in [0.717, 1.165) is 0 Å². The number of sulfone groups is 2. The van der Waals surface area contributed by atoms with Crippen LogP contribution < -0.4 is 5.73 Å². The van der Waals surface area contributed by atoms with Crippen LogP contribution in [0.15, 0.2) is 0 Å². The van der Waals surface area contributed by atoms with E-state index in [0.29, 0.717) is 12.8 Å². The standard InChI is InChI=1S/C11H23NO4S2/c1-11(2,3)18(15,16)7-5-10(12)9-4-6-17(13,14)8-9/h9-10H,4-8,12H2,1-3H3. The Morgan fingerprint density at radius 1 is 1.33 bits per heavy atom. The highest BCUT2D eigenvalue weighted by atomic mass is 32.2. The zero-order chi connectivity index (χ0) is 14.2. The van der Waals surface area contributed by atoms with E-state index in [1.54, 1.807) is 20.8 Å². The van der Waals surface area contributed by atoms with Gasteiger partial charge in [0.25, 0.3) is 0 Å². The van der Waals surface area contributed by atoms with E-state index in [2.05, 4.69) is 0 Å². The van der Waals surface area contributed by atoms with Crippen LogP contribution in [-0.2, 0) is 19.7 Å². The van der Waals surface area contributed by atoms with E-state index < -0.39 is 24.4 Å². The van der Waals surface area contributed by atoms with Gasteiger partial charge in [-0.05, 0) is 39.5 Å². The molecule has 108 valence electrons. The lowest BCUT2D eigenvalue weighted by Gasteiger charge is -2.22. The second kappa shape index (κ2) is 5.09. The van der Waals surface area contributed by atoms with E-state index >= 15 is 0 Å². The molecular formula is C11H23NO4S2. The predicted octanol–water partition coefficient (Wildman–Crippen LogP) is 0.352. The topological polar surface area (TPSA) is 94.3 Å². The highest BCUT2D eigenvalue weighted by Crippen LogP contribution is 2.24. The molecule has 0 radical (unpaired) electrons. The molecule has 18 heavy (non-hydrogen) atoms. The first-order valence-corrected chi connectivity index (χ1v) is 9.60. The summed E-state index contributed by atoms with van der Waals surface area (Å²) in [5.41, 5.74) is 5.92. The van der Waals surface area contributed by atoms with Crippen LogP contribution in [0.4, 0.5) is 0 Å². The van der Waals surface area contributed by atoms with Crippen molar-refractivity contribution in [3.63, 3.8) is 0 Å². The fourth-order valence-corrected chi connectivity index (χ4v) is 5.08. The Kier molecular flexibility index (Phi) is 4.50. The zero-order valence-electron chi connectivity index (χ0n) is 11.2. The summed E-state index contributed by atoms with van der Waals surface area (Å²) in [4.78, 5) is 0. The summed E-state index contributed by atoms with van der Waals surface area (Å²) in [5.74, 6) is 0.208. The van der Waals surface area contributed by atoms with Crippen molar-refractivity contribution in [2.45, 2.75) is 44.4 Å². The Bertz CT molecular complexity index is 488. The third kappa shape index (κ3) is 3.93. The lowest BCUT2D eigenvalue weighted by Crippen LogP contribution is -2.36. The maximum Gasteiger partial charge on any atom is 0.155 e. The number of rotatable bonds is 4. The van der Waals surface area contributed by atoms with Crippen molar-refractivity contribution in [1.82, 2.24) is 0 Å². The maximum atomic E-state index is 11.9. The molecule has 0 amide bonds. The molecular weight excluding hydrogens is 274 g/mol. The van der Waals surface area contributed by atoms with Gasteiger partial charge in [-0.3, -0.25) is 0 Å². The maximum absolute atomic E-state index is 11.9. The van der Waals surface area contributed by atoms with Gasteiger partial charge in [-0.1, -0.05) is 0 Å². The van der Waals surface area contributed by atoms with E-state index in [4.69, 9.17) is 5.73 Å². The van der Waals surface area contributed by atoms with Gasteiger partial charge >= 0.3 is 0 Å². The van der Waals surface area contributed by atoms with Gasteiger partial charge in [-0.15, -0.1) is 0 Å². The summed E-state index contributed by atoms with van der Waals surface area (Å²) >= 11 is 0. The van der Waals surface area contributed by atoms with E-state index in [1.165, 1.54) is 0 Å². The molecule has 0 aliphatic carbocycles. The number of hydrogen-bond acceptors (Lipinski definition) is 5. The molecule has 2 N–H and O–H groups in total. The molecule has 0 aromatic carbocycles. The second-order valence-corrected chi connectivity index (χ2v) is 11.1. The molecule has 0 bridgehead atoms. The molecule has 0 saturated carbocycles. The van der Waals surface area contributed by atoms with Gasteiger partial charge in [-0.25, -0.2) is 16.8 Å². The van der Waals surface area contributed by atoms with Gasteiger partial charge in [-0.2, -0.15) is 0 Å². The van der Waals surface area contributed by atoms with E-state index in [-0.39, 0.29) is 29.2 Å². The van der Waals surface area contributed by atoms with Gasteiger partial charge in [0.2, 0.25) is 0 Å². The van der Waals surface area contributed by atoms with Crippen LogP contribution in [0.2, 0.25) is 0 Å². The van der Waals surface area contributed by atoms with Crippen molar-refractivity contribution >= 4 is 19.7 Å². The summed E-state index contributed by atoms with van der Waals surface area (Å²) in [6, 6.07) is -0.348. The summed E-state index contributed by atoms with van der Waals surface area (Å²) in [5, 5.41) is 0. The minimum Gasteiger partial charge on any atom is -0.327 e. The normalized spacial score (nSPS) is 26.1. The molecule has 0 aromatic rings. The highest BCUT2D eigenvalue weighted by molar-refractivity contribution is 7.92. The van der Waals surface area contributed by atoms with Crippen LogP contribution in [0.1, 0.15) is 33.6 Å². The lowest BCUT2D eigenvalue weighted by atomic mass is 9.98. The van der Waals surface area contributed by atoms with Crippen molar-refractivity contribution in [1.29, 1.82) is 0 Å². The molecule has 1 heterocycles. The van der Waals surface area contributed by atoms with Gasteiger partial charge < -0.3 is 5.73 Å². The number of nitrogens with two attached hydrogens (primary N) is 1. The summed E-state index contributed by atoms with van der Waals surface area (Å²) < 4.78 is 45.7. The van der Waals surface area contributed by atoms with Crippen LogP contribution in [0.25, 0.3) is 0 Å². The average Bonchev–Trinajstić information content (AvgIpc) is 2.53. The molecule has 1 aliphatic heterocycles. The van der Waals surface area contributed by atoms with E-state index in [1.807, 2.05) is 0 Å². The third-order valence-electron chi connectivity index (χ3n) is 3.53. The molecule has 0 aromatic heterocycles. The Balaban J connectivity index is 2.56. The first kappa shape index (κ1) is 15.9. The summed E-state index contributed by atoms with van der Waals surface area (Å²) in [6.45, 7) is 4.98. The Morgan fingerprint density at radius 2 is 1.89 bits per heavy atom. The van der Waals surface area contributed by atoms with Crippen LogP contribution in [0, 0.1) is 5.92 Å². The van der Waals surface area contributed by atoms with Crippen molar-refractivity contribution < 1.29 is 16.8 Å². The first-order chi connectivity index (χ1) is 7.95. The molecule has 1 fully saturated rings. The largest absolute Gasteiger partial charge is 0.327 e. The Labute approximate surface area is 110 Å². The van der Waals surface area contributed by atoms with E-state index in [9.17, 15) is 16.8 Å². The molecule has 1 aliphatic rings. The Hall–Kier alpha value is -0.140. The molecule has 1 rings (SSSR count). The number of hydrogen-bond donors (Lipinski definition) is 1. The van der Waals surface area contributed by atoms with Gasteiger partial charge in [0.05, 0.1) is 22.0 Å². The smallest absolute Gasteiger partial charge is 0.155 e. The minimum atomic E-state index is -3.18. The van der Waals surface area contributed by atoms with Crippen LogP contribution in [0.5, 0.6) is 0 Å². The molecule has 2 unspecified atom stereocenters. The van der Waals surface area contributed by atoms with Crippen molar-refractivity contribution in [3.05, 3.63) is 0 Å².